The number of ether oxygens (including phenoxy) is 2. The van der Waals surface area contributed by atoms with Crippen LogP contribution in [0.3, 0.4) is 0 Å². The van der Waals surface area contributed by atoms with Crippen LogP contribution < -0.4 is 10.1 Å². The lowest BCUT2D eigenvalue weighted by atomic mass is 10.00. The molecule has 1 saturated heterocycles. The molecule has 1 aromatic carbocycles. The molecule has 1 aromatic rings. The molecule has 2 rings (SSSR count). The number of esters is 1. The van der Waals surface area contributed by atoms with E-state index in [0.717, 1.165) is 37.0 Å². The predicted octanol–water partition coefficient (Wildman–Crippen LogP) is 2.76. The molecule has 25 heavy (non-hydrogen) atoms. The SMILES string of the molecule is CCOC(=O)C[C@H]1CCCCN1C(=O)NCCc1ccc(OC)cc1. The van der Waals surface area contributed by atoms with Gasteiger partial charge in [-0.3, -0.25) is 4.79 Å². The van der Waals surface area contributed by atoms with Crippen molar-refractivity contribution < 1.29 is 19.1 Å². The van der Waals surface area contributed by atoms with E-state index >= 15 is 0 Å². The largest absolute Gasteiger partial charge is 0.497 e. The first-order valence-electron chi connectivity index (χ1n) is 8.97. The molecule has 0 unspecified atom stereocenters. The van der Waals surface area contributed by atoms with E-state index in [4.69, 9.17) is 9.47 Å². The number of hydrogen-bond donors (Lipinski definition) is 1. The van der Waals surface area contributed by atoms with Crippen molar-refractivity contribution in [3.63, 3.8) is 0 Å². The van der Waals surface area contributed by atoms with Crippen molar-refractivity contribution in [1.29, 1.82) is 0 Å². The Morgan fingerprint density at radius 1 is 1.24 bits per heavy atom. The maximum Gasteiger partial charge on any atom is 0.317 e. The van der Waals surface area contributed by atoms with E-state index in [1.54, 1.807) is 18.9 Å². The molecule has 6 heteroatoms. The number of urea groups is 1. The smallest absolute Gasteiger partial charge is 0.317 e. The van der Waals surface area contributed by atoms with Gasteiger partial charge >= 0.3 is 12.0 Å². The van der Waals surface area contributed by atoms with Crippen LogP contribution in [-0.2, 0) is 16.0 Å². The van der Waals surface area contributed by atoms with Gasteiger partial charge in [-0.05, 0) is 50.3 Å². The summed E-state index contributed by atoms with van der Waals surface area (Å²) in [7, 11) is 1.64. The number of methoxy groups -OCH3 is 1. The highest BCUT2D eigenvalue weighted by Crippen LogP contribution is 2.20. The molecule has 6 nitrogen and oxygen atoms in total. The first-order chi connectivity index (χ1) is 12.1. The van der Waals surface area contributed by atoms with Gasteiger partial charge in [0.05, 0.1) is 20.1 Å². The number of rotatable bonds is 7. The Hall–Kier alpha value is -2.24. The molecule has 0 bridgehead atoms. The van der Waals surface area contributed by atoms with Gasteiger partial charge in [0.15, 0.2) is 0 Å². The number of amides is 2. The van der Waals surface area contributed by atoms with Crippen molar-refractivity contribution in [2.24, 2.45) is 0 Å². The zero-order chi connectivity index (χ0) is 18.1. The average molecular weight is 348 g/mol. The molecule has 0 radical (unpaired) electrons. The van der Waals surface area contributed by atoms with Gasteiger partial charge in [0.2, 0.25) is 0 Å². The summed E-state index contributed by atoms with van der Waals surface area (Å²) in [6.07, 6.45) is 3.90. The van der Waals surface area contributed by atoms with Crippen molar-refractivity contribution in [1.82, 2.24) is 10.2 Å². The summed E-state index contributed by atoms with van der Waals surface area (Å²) in [5, 5.41) is 2.97. The molecular formula is C19H28N2O4. The van der Waals surface area contributed by atoms with E-state index < -0.39 is 0 Å². The average Bonchev–Trinajstić information content (AvgIpc) is 2.63. The standard InChI is InChI=1S/C19H28N2O4/c1-3-25-18(22)14-16-6-4-5-13-21(16)19(23)20-12-11-15-7-9-17(24-2)10-8-15/h7-10,16H,3-6,11-14H2,1-2H3,(H,20,23)/t16-/m1/s1. The number of benzene rings is 1. The Morgan fingerprint density at radius 3 is 2.68 bits per heavy atom. The summed E-state index contributed by atoms with van der Waals surface area (Å²) in [6, 6.07) is 7.66. The van der Waals surface area contributed by atoms with Gasteiger partial charge in [-0.1, -0.05) is 12.1 Å². The second-order valence-electron chi connectivity index (χ2n) is 6.18. The number of carbonyl (C=O) groups is 2. The van der Waals surface area contributed by atoms with Crippen LogP contribution in [0, 0.1) is 0 Å². The number of likely N-dealkylation sites (tertiary alicyclic amines) is 1. The normalized spacial score (nSPS) is 17.0. The highest BCUT2D eigenvalue weighted by atomic mass is 16.5. The zero-order valence-electron chi connectivity index (χ0n) is 15.1. The first kappa shape index (κ1) is 19.1. The third kappa shape index (κ3) is 5.96. The Morgan fingerprint density at radius 2 is 2.00 bits per heavy atom. The van der Waals surface area contributed by atoms with Gasteiger partial charge in [-0.15, -0.1) is 0 Å². The Labute approximate surface area is 149 Å². The van der Waals surface area contributed by atoms with Crippen molar-refractivity contribution in [3.05, 3.63) is 29.8 Å². The fourth-order valence-corrected chi connectivity index (χ4v) is 3.10. The van der Waals surface area contributed by atoms with Crippen LogP contribution in [0.15, 0.2) is 24.3 Å². The van der Waals surface area contributed by atoms with Crippen molar-refractivity contribution >= 4 is 12.0 Å². The fourth-order valence-electron chi connectivity index (χ4n) is 3.10. The third-order valence-corrected chi connectivity index (χ3v) is 4.44. The molecule has 1 N–H and O–H groups in total. The van der Waals surface area contributed by atoms with Crippen molar-refractivity contribution in [2.45, 2.75) is 45.1 Å². The molecule has 1 fully saturated rings. The number of piperidine rings is 1. The lowest BCUT2D eigenvalue weighted by Crippen LogP contribution is -2.49. The maximum atomic E-state index is 12.5. The van der Waals surface area contributed by atoms with Crippen LogP contribution in [0.25, 0.3) is 0 Å². The minimum absolute atomic E-state index is 0.0613. The highest BCUT2D eigenvalue weighted by Gasteiger charge is 2.28. The molecule has 1 heterocycles. The fraction of sp³-hybridized carbons (Fsp3) is 0.579. The molecule has 1 atom stereocenters. The molecule has 1 aliphatic heterocycles. The van der Waals surface area contributed by atoms with E-state index in [2.05, 4.69) is 5.32 Å². The number of hydrogen-bond acceptors (Lipinski definition) is 4. The summed E-state index contributed by atoms with van der Waals surface area (Å²) in [6.45, 7) is 3.42. The molecule has 2 amide bonds. The zero-order valence-corrected chi connectivity index (χ0v) is 15.1. The van der Waals surface area contributed by atoms with Gasteiger partial charge in [-0.25, -0.2) is 4.79 Å². The van der Waals surface area contributed by atoms with Gasteiger partial charge < -0.3 is 19.7 Å². The topological polar surface area (TPSA) is 67.9 Å². The Balaban J connectivity index is 1.81. The predicted molar refractivity (Wildman–Crippen MR) is 95.7 cm³/mol. The summed E-state index contributed by atoms with van der Waals surface area (Å²) in [5.41, 5.74) is 1.14. The third-order valence-electron chi connectivity index (χ3n) is 4.44. The first-order valence-corrected chi connectivity index (χ1v) is 8.97. The molecule has 1 aliphatic rings. The van der Waals surface area contributed by atoms with E-state index in [1.807, 2.05) is 24.3 Å². The van der Waals surface area contributed by atoms with Gasteiger partial charge in [0.25, 0.3) is 0 Å². The summed E-state index contributed by atoms with van der Waals surface area (Å²) in [5.74, 6) is 0.591. The highest BCUT2D eigenvalue weighted by molar-refractivity contribution is 5.76. The van der Waals surface area contributed by atoms with Gasteiger partial charge in [-0.2, -0.15) is 0 Å². The number of nitrogens with one attached hydrogen (secondary N) is 1. The van der Waals surface area contributed by atoms with Crippen LogP contribution in [0.2, 0.25) is 0 Å². The van der Waals surface area contributed by atoms with Gasteiger partial charge in [0.1, 0.15) is 5.75 Å². The summed E-state index contributed by atoms with van der Waals surface area (Å²) in [4.78, 5) is 26.0. The number of nitrogens with zero attached hydrogens (tertiary/aromatic N) is 1. The molecule has 0 spiro atoms. The maximum absolute atomic E-state index is 12.5. The Bertz CT molecular complexity index is 559. The van der Waals surface area contributed by atoms with Crippen LogP contribution in [0.4, 0.5) is 4.79 Å². The summed E-state index contributed by atoms with van der Waals surface area (Å²) >= 11 is 0. The second-order valence-corrected chi connectivity index (χ2v) is 6.18. The van der Waals surface area contributed by atoms with Crippen molar-refractivity contribution in [3.8, 4) is 5.75 Å². The lowest BCUT2D eigenvalue weighted by Gasteiger charge is -2.35. The second kappa shape index (κ2) is 9.91. The number of carbonyl (C=O) groups excluding carboxylic acids is 2. The van der Waals surface area contributed by atoms with Gasteiger partial charge in [0, 0.05) is 19.1 Å². The van der Waals surface area contributed by atoms with Crippen LogP contribution >= 0.6 is 0 Å². The van der Waals surface area contributed by atoms with Crippen LogP contribution in [0.1, 0.15) is 38.2 Å². The van der Waals surface area contributed by atoms with E-state index in [-0.39, 0.29) is 24.5 Å². The van der Waals surface area contributed by atoms with E-state index in [0.29, 0.717) is 19.7 Å². The summed E-state index contributed by atoms with van der Waals surface area (Å²) < 4.78 is 10.2. The quantitative estimate of drug-likeness (QED) is 0.770. The molecule has 138 valence electrons. The van der Waals surface area contributed by atoms with E-state index in [1.165, 1.54) is 0 Å². The van der Waals surface area contributed by atoms with Crippen molar-refractivity contribution in [2.75, 3.05) is 26.8 Å². The molecular weight excluding hydrogens is 320 g/mol. The monoisotopic (exact) mass is 348 g/mol. The molecule has 0 saturated carbocycles. The minimum atomic E-state index is -0.231. The lowest BCUT2D eigenvalue weighted by molar-refractivity contribution is -0.144. The van der Waals surface area contributed by atoms with Crippen LogP contribution in [0.5, 0.6) is 5.75 Å². The van der Waals surface area contributed by atoms with Crippen LogP contribution in [-0.4, -0.2) is 49.7 Å². The van der Waals surface area contributed by atoms with E-state index in [9.17, 15) is 9.59 Å². The molecule has 0 aliphatic carbocycles. The Kier molecular flexibility index (Phi) is 7.57. The minimum Gasteiger partial charge on any atom is -0.497 e. The molecule has 0 aromatic heterocycles.